The Morgan fingerprint density at radius 2 is 2.19 bits per heavy atom. The van der Waals surface area contributed by atoms with Gasteiger partial charge in [-0.25, -0.2) is 0 Å². The zero-order chi connectivity index (χ0) is 18.4. The number of carbonyl (C=O) groups excluding carboxylic acids is 1. The minimum atomic E-state index is -0.716. The van der Waals surface area contributed by atoms with Crippen molar-refractivity contribution in [3.8, 4) is 11.8 Å². The molecule has 0 radical (unpaired) electrons. The lowest BCUT2D eigenvalue weighted by molar-refractivity contribution is -0.120. The number of hydrogen-bond acceptors (Lipinski definition) is 5. The van der Waals surface area contributed by atoms with Crippen molar-refractivity contribution in [1.82, 2.24) is 5.32 Å². The van der Waals surface area contributed by atoms with Crippen LogP contribution in [0.3, 0.4) is 0 Å². The largest absolute Gasteiger partial charge is 0.489 e. The number of nitriles is 1. The van der Waals surface area contributed by atoms with Crippen molar-refractivity contribution in [2.45, 2.75) is 50.2 Å². The highest BCUT2D eigenvalue weighted by molar-refractivity contribution is 6.30. The van der Waals surface area contributed by atoms with E-state index in [9.17, 15) is 10.1 Å². The predicted molar refractivity (Wildman–Crippen MR) is 99.4 cm³/mol. The molecule has 1 saturated heterocycles. The fourth-order valence-electron chi connectivity index (χ4n) is 3.45. The molecule has 1 saturated carbocycles. The van der Waals surface area contributed by atoms with Gasteiger partial charge in [0.1, 0.15) is 17.9 Å². The number of ether oxygens (including phenoxy) is 2. The monoisotopic (exact) mass is 377 g/mol. The number of anilines is 1. The first kappa shape index (κ1) is 18.8. The molecule has 0 spiro atoms. The highest BCUT2D eigenvalue weighted by Gasteiger charge is 2.35. The van der Waals surface area contributed by atoms with E-state index >= 15 is 0 Å². The Kier molecular flexibility index (Phi) is 6.23. The van der Waals surface area contributed by atoms with Crippen molar-refractivity contribution in [3.63, 3.8) is 0 Å². The molecule has 1 aliphatic carbocycles. The van der Waals surface area contributed by atoms with Crippen molar-refractivity contribution < 1.29 is 14.3 Å². The van der Waals surface area contributed by atoms with Crippen LogP contribution in [0.4, 0.5) is 5.69 Å². The third kappa shape index (κ3) is 4.80. The molecule has 1 aliphatic heterocycles. The Bertz CT molecular complexity index is 677. The van der Waals surface area contributed by atoms with Gasteiger partial charge in [0.15, 0.2) is 0 Å². The Morgan fingerprint density at radius 1 is 1.38 bits per heavy atom. The highest BCUT2D eigenvalue weighted by atomic mass is 35.5. The van der Waals surface area contributed by atoms with Gasteiger partial charge in [-0.15, -0.1) is 0 Å². The summed E-state index contributed by atoms with van der Waals surface area (Å²) in [6.45, 7) is 1.31. The number of rotatable bonds is 7. The van der Waals surface area contributed by atoms with E-state index in [1.807, 2.05) is 0 Å². The van der Waals surface area contributed by atoms with Crippen LogP contribution < -0.4 is 15.4 Å². The Balaban J connectivity index is 1.56. The molecule has 6 nitrogen and oxygen atoms in total. The Hall–Kier alpha value is -1.97. The van der Waals surface area contributed by atoms with Crippen LogP contribution in [0.1, 0.15) is 38.5 Å². The SMILES string of the molecule is N#CC1(NC(=O)CNc2cc(Cl)ccc2OCC2CCCO2)CCCC1. The second-order valence-electron chi connectivity index (χ2n) is 6.89. The van der Waals surface area contributed by atoms with Crippen molar-refractivity contribution in [1.29, 1.82) is 5.26 Å². The van der Waals surface area contributed by atoms with Crippen LogP contribution in [-0.2, 0) is 9.53 Å². The third-order valence-electron chi connectivity index (χ3n) is 4.88. The van der Waals surface area contributed by atoms with E-state index in [2.05, 4.69) is 16.7 Å². The average Bonchev–Trinajstić information content (AvgIpc) is 3.31. The fraction of sp³-hybridized carbons (Fsp3) is 0.579. The lowest BCUT2D eigenvalue weighted by Gasteiger charge is -2.22. The summed E-state index contributed by atoms with van der Waals surface area (Å²) >= 11 is 6.08. The standard InChI is InChI=1S/C19H24ClN3O3/c20-14-5-6-17(26-12-15-4-3-9-25-15)16(10-14)22-11-18(24)23-19(13-21)7-1-2-8-19/h5-6,10,15,22H,1-4,7-9,11-12H2,(H,23,24). The van der Waals surface area contributed by atoms with Gasteiger partial charge in [0, 0.05) is 11.6 Å². The molecule has 1 aromatic rings. The number of hydrogen-bond donors (Lipinski definition) is 2. The van der Waals surface area contributed by atoms with Gasteiger partial charge in [-0.3, -0.25) is 4.79 Å². The zero-order valence-corrected chi connectivity index (χ0v) is 15.5. The summed E-state index contributed by atoms with van der Waals surface area (Å²) in [5.41, 5.74) is -0.0604. The van der Waals surface area contributed by atoms with Gasteiger partial charge in [0.2, 0.25) is 5.91 Å². The van der Waals surface area contributed by atoms with E-state index in [4.69, 9.17) is 21.1 Å². The van der Waals surface area contributed by atoms with E-state index in [1.54, 1.807) is 18.2 Å². The van der Waals surface area contributed by atoms with Gasteiger partial charge in [0.05, 0.1) is 24.4 Å². The number of benzene rings is 1. The van der Waals surface area contributed by atoms with Gasteiger partial charge in [-0.1, -0.05) is 11.6 Å². The molecule has 2 fully saturated rings. The number of amides is 1. The van der Waals surface area contributed by atoms with Gasteiger partial charge in [-0.05, 0) is 56.7 Å². The van der Waals surface area contributed by atoms with Crippen LogP contribution in [0.25, 0.3) is 0 Å². The molecule has 3 rings (SSSR count). The topological polar surface area (TPSA) is 83.4 Å². The molecule has 1 heterocycles. The summed E-state index contributed by atoms with van der Waals surface area (Å²) in [7, 11) is 0. The molecule has 1 unspecified atom stereocenters. The molecule has 1 amide bonds. The van der Waals surface area contributed by atoms with Gasteiger partial charge in [0.25, 0.3) is 0 Å². The molecule has 140 valence electrons. The van der Waals surface area contributed by atoms with E-state index in [-0.39, 0.29) is 18.6 Å². The number of nitrogens with zero attached hydrogens (tertiary/aromatic N) is 1. The molecule has 1 atom stereocenters. The summed E-state index contributed by atoms with van der Waals surface area (Å²) in [5.74, 6) is 0.423. The first-order valence-corrected chi connectivity index (χ1v) is 9.48. The summed E-state index contributed by atoms with van der Waals surface area (Å²) < 4.78 is 11.4. The van der Waals surface area contributed by atoms with Crippen molar-refractivity contribution in [3.05, 3.63) is 23.2 Å². The lowest BCUT2D eigenvalue weighted by atomic mass is 10.00. The van der Waals surface area contributed by atoms with E-state index in [0.717, 1.165) is 32.3 Å². The summed E-state index contributed by atoms with van der Waals surface area (Å²) in [6, 6.07) is 7.52. The molecule has 0 aromatic heterocycles. The molecule has 0 bridgehead atoms. The Labute approximate surface area is 158 Å². The minimum Gasteiger partial charge on any atom is -0.489 e. The maximum atomic E-state index is 12.3. The second kappa shape index (κ2) is 8.61. The number of halogens is 1. The summed E-state index contributed by atoms with van der Waals surface area (Å²) in [5, 5.41) is 15.9. The first-order chi connectivity index (χ1) is 12.6. The first-order valence-electron chi connectivity index (χ1n) is 9.10. The summed E-state index contributed by atoms with van der Waals surface area (Å²) in [6.07, 6.45) is 5.52. The fourth-order valence-corrected chi connectivity index (χ4v) is 3.63. The second-order valence-corrected chi connectivity index (χ2v) is 7.33. The number of nitrogens with one attached hydrogen (secondary N) is 2. The molecular formula is C19H24ClN3O3. The van der Waals surface area contributed by atoms with E-state index in [0.29, 0.717) is 35.9 Å². The van der Waals surface area contributed by atoms with Crippen LogP contribution >= 0.6 is 11.6 Å². The summed E-state index contributed by atoms with van der Waals surface area (Å²) in [4.78, 5) is 12.3. The van der Waals surface area contributed by atoms with Crippen molar-refractivity contribution in [2.75, 3.05) is 25.1 Å². The van der Waals surface area contributed by atoms with Gasteiger partial charge in [-0.2, -0.15) is 5.26 Å². The molecule has 26 heavy (non-hydrogen) atoms. The average molecular weight is 378 g/mol. The van der Waals surface area contributed by atoms with E-state index < -0.39 is 5.54 Å². The minimum absolute atomic E-state index is 0.0556. The Morgan fingerprint density at radius 3 is 2.88 bits per heavy atom. The third-order valence-corrected chi connectivity index (χ3v) is 5.11. The van der Waals surface area contributed by atoms with Crippen molar-refractivity contribution >= 4 is 23.2 Å². The maximum absolute atomic E-state index is 12.3. The molecule has 2 aliphatic rings. The van der Waals surface area contributed by atoms with Gasteiger partial charge >= 0.3 is 0 Å². The van der Waals surface area contributed by atoms with E-state index in [1.165, 1.54) is 0 Å². The lowest BCUT2D eigenvalue weighted by Crippen LogP contribution is -2.47. The normalized spacial score (nSPS) is 21.2. The maximum Gasteiger partial charge on any atom is 0.240 e. The van der Waals surface area contributed by atoms with Crippen molar-refractivity contribution in [2.24, 2.45) is 0 Å². The molecule has 1 aromatic carbocycles. The number of carbonyl (C=O) groups is 1. The predicted octanol–water partition coefficient (Wildman–Crippen LogP) is 3.26. The van der Waals surface area contributed by atoms with Crippen LogP contribution in [0, 0.1) is 11.3 Å². The van der Waals surface area contributed by atoms with Crippen LogP contribution in [-0.4, -0.2) is 37.3 Å². The van der Waals surface area contributed by atoms with Crippen LogP contribution in [0.5, 0.6) is 5.75 Å². The van der Waals surface area contributed by atoms with Crippen LogP contribution in [0.2, 0.25) is 5.02 Å². The van der Waals surface area contributed by atoms with Crippen LogP contribution in [0.15, 0.2) is 18.2 Å². The zero-order valence-electron chi connectivity index (χ0n) is 14.7. The molecule has 7 heteroatoms. The van der Waals surface area contributed by atoms with Gasteiger partial charge < -0.3 is 20.1 Å². The highest BCUT2D eigenvalue weighted by Crippen LogP contribution is 2.30. The molecular weight excluding hydrogens is 354 g/mol. The quantitative estimate of drug-likeness (QED) is 0.762. The smallest absolute Gasteiger partial charge is 0.240 e. The molecule has 2 N–H and O–H groups in total.